The summed E-state index contributed by atoms with van der Waals surface area (Å²) in [7, 11) is 0. The third kappa shape index (κ3) is 3.19. The number of hydrogen-bond donors (Lipinski definition) is 4. The molecule has 4 N–H and O–H groups in total. The number of nitrogens with one attached hydrogen (secondary N) is 1. The minimum Gasteiger partial charge on any atom is -0.478 e. The minimum atomic E-state index is -1.06. The van der Waals surface area contributed by atoms with Crippen LogP contribution in [-0.4, -0.2) is 40.5 Å². The van der Waals surface area contributed by atoms with E-state index in [1.807, 2.05) is 0 Å². The summed E-state index contributed by atoms with van der Waals surface area (Å²) in [5, 5.41) is 29.5. The van der Waals surface area contributed by atoms with Crippen LogP contribution < -0.4 is 5.32 Å². The van der Waals surface area contributed by atoms with Gasteiger partial charge in [0.05, 0.1) is 18.3 Å². The maximum absolute atomic E-state index is 11.0. The van der Waals surface area contributed by atoms with Crippen molar-refractivity contribution in [3.05, 3.63) is 28.2 Å². The number of carbonyl (C=O) groups is 1. The van der Waals surface area contributed by atoms with Gasteiger partial charge in [0.1, 0.15) is 0 Å². The minimum absolute atomic E-state index is 0.0905. The van der Waals surface area contributed by atoms with Gasteiger partial charge in [-0.3, -0.25) is 0 Å². The molecule has 0 bridgehead atoms. The van der Waals surface area contributed by atoms with Gasteiger partial charge in [0, 0.05) is 16.7 Å². The molecule has 0 radical (unpaired) electrons. The fourth-order valence-electron chi connectivity index (χ4n) is 1.18. The lowest BCUT2D eigenvalue weighted by atomic mass is 10.1. The predicted octanol–water partition coefficient (Wildman–Crippen LogP) is 0.912. The van der Waals surface area contributed by atoms with Crippen molar-refractivity contribution < 1.29 is 20.1 Å². The van der Waals surface area contributed by atoms with Crippen LogP contribution in [0.15, 0.2) is 22.7 Å². The van der Waals surface area contributed by atoms with Crippen LogP contribution in [0.1, 0.15) is 10.4 Å². The molecule has 16 heavy (non-hydrogen) atoms. The Morgan fingerprint density at radius 2 is 2.19 bits per heavy atom. The number of carboxylic acid groups (broad SMARTS) is 1. The molecule has 1 atom stereocenters. The molecule has 0 aromatic heterocycles. The van der Waals surface area contributed by atoms with E-state index in [4.69, 9.17) is 15.3 Å². The van der Waals surface area contributed by atoms with Crippen molar-refractivity contribution in [2.75, 3.05) is 18.5 Å². The van der Waals surface area contributed by atoms with E-state index < -0.39 is 12.1 Å². The molecule has 0 saturated carbocycles. The largest absolute Gasteiger partial charge is 0.478 e. The van der Waals surface area contributed by atoms with Gasteiger partial charge in [-0.2, -0.15) is 0 Å². The highest BCUT2D eigenvalue weighted by atomic mass is 79.9. The maximum Gasteiger partial charge on any atom is 0.338 e. The van der Waals surface area contributed by atoms with E-state index in [-0.39, 0.29) is 18.7 Å². The first kappa shape index (κ1) is 13.0. The average Bonchev–Trinajstić information content (AvgIpc) is 2.25. The number of aliphatic hydroxyl groups excluding tert-OH is 2. The molecule has 1 aromatic rings. The molecule has 0 heterocycles. The van der Waals surface area contributed by atoms with E-state index in [1.54, 1.807) is 18.2 Å². The number of anilines is 1. The summed E-state index contributed by atoms with van der Waals surface area (Å²) in [5.74, 6) is -1.06. The second kappa shape index (κ2) is 5.83. The van der Waals surface area contributed by atoms with Gasteiger partial charge in [0.15, 0.2) is 0 Å². The Labute approximate surface area is 101 Å². The Kier molecular flexibility index (Phi) is 4.72. The monoisotopic (exact) mass is 289 g/mol. The van der Waals surface area contributed by atoms with Gasteiger partial charge in [-0.05, 0) is 28.1 Å². The normalized spacial score (nSPS) is 12.2. The first-order valence-electron chi connectivity index (χ1n) is 4.61. The van der Waals surface area contributed by atoms with Gasteiger partial charge in [-0.1, -0.05) is 6.07 Å². The lowest BCUT2D eigenvalue weighted by Crippen LogP contribution is -2.23. The number of benzene rings is 1. The van der Waals surface area contributed by atoms with Crippen molar-refractivity contribution in [3.8, 4) is 0 Å². The van der Waals surface area contributed by atoms with Gasteiger partial charge >= 0.3 is 5.97 Å². The fourth-order valence-corrected chi connectivity index (χ4v) is 1.72. The molecule has 0 aliphatic rings. The maximum atomic E-state index is 11.0. The van der Waals surface area contributed by atoms with Gasteiger partial charge in [0.2, 0.25) is 0 Å². The van der Waals surface area contributed by atoms with E-state index in [1.165, 1.54) is 0 Å². The van der Waals surface area contributed by atoms with Crippen molar-refractivity contribution in [1.82, 2.24) is 0 Å². The number of rotatable bonds is 5. The van der Waals surface area contributed by atoms with Crippen molar-refractivity contribution in [3.63, 3.8) is 0 Å². The zero-order valence-electron chi connectivity index (χ0n) is 8.35. The summed E-state index contributed by atoms with van der Waals surface area (Å²) in [6.07, 6.45) is -0.916. The first-order valence-corrected chi connectivity index (χ1v) is 5.40. The Hall–Kier alpha value is -1.11. The molecular weight excluding hydrogens is 278 g/mol. The van der Waals surface area contributed by atoms with Crippen molar-refractivity contribution in [2.45, 2.75) is 6.10 Å². The molecule has 1 rings (SSSR count). The van der Waals surface area contributed by atoms with Gasteiger partial charge in [0.25, 0.3) is 0 Å². The van der Waals surface area contributed by atoms with Crippen molar-refractivity contribution >= 4 is 27.6 Å². The summed E-state index contributed by atoms with van der Waals surface area (Å²) < 4.78 is 0.462. The Balaban J connectivity index is 2.87. The molecule has 5 nitrogen and oxygen atoms in total. The summed E-state index contributed by atoms with van der Waals surface area (Å²) >= 11 is 3.14. The molecule has 1 aromatic carbocycles. The van der Waals surface area contributed by atoms with Crippen LogP contribution in [0.5, 0.6) is 0 Å². The zero-order chi connectivity index (χ0) is 12.1. The lowest BCUT2D eigenvalue weighted by molar-refractivity contribution is 0.0696. The molecular formula is C10H12BrNO4. The van der Waals surface area contributed by atoms with E-state index in [2.05, 4.69) is 21.2 Å². The number of halogens is 1. The highest BCUT2D eigenvalue weighted by molar-refractivity contribution is 9.10. The van der Waals surface area contributed by atoms with Crippen LogP contribution in [0.3, 0.4) is 0 Å². The third-order valence-electron chi connectivity index (χ3n) is 1.97. The highest BCUT2D eigenvalue weighted by Crippen LogP contribution is 2.24. The van der Waals surface area contributed by atoms with Gasteiger partial charge in [-0.25, -0.2) is 4.79 Å². The Bertz CT molecular complexity index is 383. The number of aliphatic hydroxyl groups is 2. The van der Waals surface area contributed by atoms with E-state index in [9.17, 15) is 4.79 Å². The van der Waals surface area contributed by atoms with Crippen LogP contribution in [-0.2, 0) is 0 Å². The van der Waals surface area contributed by atoms with E-state index in [0.29, 0.717) is 10.2 Å². The predicted molar refractivity (Wildman–Crippen MR) is 62.7 cm³/mol. The second-order valence-electron chi connectivity index (χ2n) is 3.18. The summed E-state index contributed by atoms with van der Waals surface area (Å²) in [4.78, 5) is 11.0. The molecule has 0 saturated heterocycles. The summed E-state index contributed by atoms with van der Waals surface area (Å²) in [6.45, 7) is -0.281. The van der Waals surface area contributed by atoms with Crippen LogP contribution >= 0.6 is 15.9 Å². The molecule has 0 aliphatic heterocycles. The van der Waals surface area contributed by atoms with E-state index >= 15 is 0 Å². The number of hydrogen-bond acceptors (Lipinski definition) is 4. The van der Waals surface area contributed by atoms with Crippen molar-refractivity contribution in [1.29, 1.82) is 0 Å². The standard InChI is InChI=1S/C10H12BrNO4/c11-7-2-1-3-8(9(7)10(15)16)12-4-6(14)5-13/h1-3,6,12-14H,4-5H2,(H,15,16). The molecule has 1 unspecified atom stereocenters. The number of carboxylic acids is 1. The van der Waals surface area contributed by atoms with Gasteiger partial charge < -0.3 is 20.6 Å². The lowest BCUT2D eigenvalue weighted by Gasteiger charge is -2.13. The molecule has 0 amide bonds. The van der Waals surface area contributed by atoms with Crippen LogP contribution in [0.25, 0.3) is 0 Å². The SMILES string of the molecule is O=C(O)c1c(Br)cccc1NCC(O)CO. The number of aromatic carboxylic acids is 1. The third-order valence-corrected chi connectivity index (χ3v) is 2.63. The molecule has 0 fully saturated rings. The quantitative estimate of drug-likeness (QED) is 0.647. The van der Waals surface area contributed by atoms with Crippen LogP contribution in [0.4, 0.5) is 5.69 Å². The fraction of sp³-hybridized carbons (Fsp3) is 0.300. The average molecular weight is 290 g/mol. The Morgan fingerprint density at radius 1 is 1.50 bits per heavy atom. The summed E-state index contributed by atoms with van der Waals surface area (Å²) in [6, 6.07) is 4.90. The second-order valence-corrected chi connectivity index (χ2v) is 4.04. The first-order chi connectivity index (χ1) is 7.56. The van der Waals surface area contributed by atoms with Gasteiger partial charge in [-0.15, -0.1) is 0 Å². The highest BCUT2D eigenvalue weighted by Gasteiger charge is 2.14. The molecule has 6 heteroatoms. The van der Waals surface area contributed by atoms with E-state index in [0.717, 1.165) is 0 Å². The van der Waals surface area contributed by atoms with Crippen molar-refractivity contribution in [2.24, 2.45) is 0 Å². The molecule has 88 valence electrons. The molecule has 0 spiro atoms. The zero-order valence-corrected chi connectivity index (χ0v) is 9.94. The van der Waals surface area contributed by atoms with Crippen LogP contribution in [0, 0.1) is 0 Å². The topological polar surface area (TPSA) is 89.8 Å². The summed E-state index contributed by atoms with van der Waals surface area (Å²) in [5.41, 5.74) is 0.502. The smallest absolute Gasteiger partial charge is 0.338 e. The van der Waals surface area contributed by atoms with Crippen LogP contribution in [0.2, 0.25) is 0 Å². The molecule has 0 aliphatic carbocycles. The Morgan fingerprint density at radius 3 is 2.75 bits per heavy atom.